The van der Waals surface area contributed by atoms with Gasteiger partial charge in [0.25, 0.3) is 0 Å². The summed E-state index contributed by atoms with van der Waals surface area (Å²) < 4.78 is 69.5. The molecule has 0 aliphatic carbocycles. The number of carbonyl (C=O) groups is 1. The van der Waals surface area contributed by atoms with Gasteiger partial charge in [-0.25, -0.2) is 13.6 Å². The highest BCUT2D eigenvalue weighted by Crippen LogP contribution is 2.33. The number of esters is 1. The molecule has 0 bridgehead atoms. The average Bonchev–Trinajstić information content (AvgIpc) is 3.00. The van der Waals surface area contributed by atoms with Crippen LogP contribution in [-0.2, 0) is 0 Å². The van der Waals surface area contributed by atoms with Gasteiger partial charge in [-0.15, -0.1) is 6.58 Å². The van der Waals surface area contributed by atoms with E-state index in [0.717, 1.165) is 12.5 Å². The number of aliphatic hydroxyl groups is 1. The second kappa shape index (κ2) is 14.0. The Morgan fingerprint density at radius 3 is 1.93 bits per heavy atom. The lowest BCUT2D eigenvalue weighted by molar-refractivity contribution is 0.0726. The van der Waals surface area contributed by atoms with Crippen molar-refractivity contribution in [3.8, 4) is 33.8 Å². The number of halogens is 4. The van der Waals surface area contributed by atoms with E-state index in [1.165, 1.54) is 42.5 Å². The molecule has 0 aliphatic rings. The van der Waals surface area contributed by atoms with Crippen molar-refractivity contribution in [3.05, 3.63) is 120 Å². The first-order valence-corrected chi connectivity index (χ1v) is 13.6. The zero-order chi connectivity index (χ0) is 30.2. The second-order valence-electron chi connectivity index (χ2n) is 9.65. The summed E-state index contributed by atoms with van der Waals surface area (Å²) in [7, 11) is 0. The van der Waals surface area contributed by atoms with Crippen LogP contribution in [0.4, 0.5) is 17.6 Å². The Morgan fingerprint density at radius 1 is 0.810 bits per heavy atom. The van der Waals surface area contributed by atoms with Crippen LogP contribution in [0.2, 0.25) is 0 Å². The minimum Gasteiger partial charge on any atom is -0.490 e. The number of aliphatic hydroxyl groups excluding tert-OH is 1. The van der Waals surface area contributed by atoms with Crippen LogP contribution in [0.5, 0.6) is 11.5 Å². The van der Waals surface area contributed by atoms with Crippen LogP contribution in [0, 0.1) is 23.3 Å². The van der Waals surface area contributed by atoms with Crippen LogP contribution >= 0.6 is 0 Å². The number of hydrogen-bond donors (Lipinski definition) is 1. The molecule has 0 amide bonds. The third kappa shape index (κ3) is 6.89. The fourth-order valence-electron chi connectivity index (χ4n) is 4.38. The van der Waals surface area contributed by atoms with Crippen molar-refractivity contribution in [1.29, 1.82) is 0 Å². The molecule has 0 aromatic heterocycles. The fourth-order valence-corrected chi connectivity index (χ4v) is 4.38. The molecule has 218 valence electrons. The van der Waals surface area contributed by atoms with Crippen LogP contribution < -0.4 is 9.47 Å². The zero-order valence-electron chi connectivity index (χ0n) is 23.0. The van der Waals surface area contributed by atoms with E-state index in [1.807, 2.05) is 6.92 Å². The Labute approximate surface area is 241 Å². The smallest absolute Gasteiger partial charge is 0.343 e. The van der Waals surface area contributed by atoms with Crippen LogP contribution in [-0.4, -0.2) is 17.7 Å². The Morgan fingerprint density at radius 2 is 1.36 bits per heavy atom. The quantitative estimate of drug-likeness (QED) is 0.0599. The minimum absolute atomic E-state index is 0.00749. The first-order chi connectivity index (χ1) is 20.2. The lowest BCUT2D eigenvalue weighted by atomic mass is 9.99. The van der Waals surface area contributed by atoms with Crippen molar-refractivity contribution in [1.82, 2.24) is 0 Å². The monoisotopic (exact) mass is 578 g/mol. The highest BCUT2D eigenvalue weighted by atomic mass is 19.2. The summed E-state index contributed by atoms with van der Waals surface area (Å²) >= 11 is 0. The molecule has 0 radical (unpaired) electrons. The van der Waals surface area contributed by atoms with E-state index in [4.69, 9.17) is 9.47 Å². The van der Waals surface area contributed by atoms with Gasteiger partial charge in [-0.1, -0.05) is 55.8 Å². The SMILES string of the molecule is C=CCCCOc1ccc(-c2ccc(C(=O)Oc3ccc(-c4ccc(C(O)CCC)cc4)c(F)c3F)cc2)c(F)c1F. The van der Waals surface area contributed by atoms with Gasteiger partial charge >= 0.3 is 5.97 Å². The summed E-state index contributed by atoms with van der Waals surface area (Å²) in [6, 6.07) is 17.0. The van der Waals surface area contributed by atoms with Crippen molar-refractivity contribution in [3.63, 3.8) is 0 Å². The molecule has 4 rings (SSSR count). The normalized spacial score (nSPS) is 11.7. The minimum atomic E-state index is -1.34. The molecule has 0 heterocycles. The molecule has 0 aliphatic heterocycles. The van der Waals surface area contributed by atoms with E-state index < -0.39 is 41.1 Å². The molecular weight excluding hydrogens is 548 g/mol. The summed E-state index contributed by atoms with van der Waals surface area (Å²) in [5, 5.41) is 10.1. The van der Waals surface area contributed by atoms with E-state index in [1.54, 1.807) is 30.3 Å². The molecule has 42 heavy (non-hydrogen) atoms. The maximum Gasteiger partial charge on any atom is 0.343 e. The molecule has 1 N–H and O–H groups in total. The van der Waals surface area contributed by atoms with Gasteiger partial charge in [-0.3, -0.25) is 0 Å². The molecule has 0 saturated heterocycles. The van der Waals surface area contributed by atoms with Gasteiger partial charge in [0, 0.05) is 11.1 Å². The Balaban J connectivity index is 1.46. The summed E-state index contributed by atoms with van der Waals surface area (Å²) in [6.45, 7) is 5.76. The molecule has 0 saturated carbocycles. The van der Waals surface area contributed by atoms with E-state index in [0.29, 0.717) is 30.4 Å². The molecule has 1 atom stereocenters. The van der Waals surface area contributed by atoms with Gasteiger partial charge in [-0.05, 0) is 72.4 Å². The number of allylic oxidation sites excluding steroid dienone is 1. The lowest BCUT2D eigenvalue weighted by Gasteiger charge is -2.12. The van der Waals surface area contributed by atoms with Crippen molar-refractivity contribution in [2.75, 3.05) is 6.61 Å². The van der Waals surface area contributed by atoms with Gasteiger partial charge in [0.15, 0.2) is 23.1 Å². The molecule has 0 spiro atoms. The first kappa shape index (κ1) is 30.5. The van der Waals surface area contributed by atoms with E-state index in [2.05, 4.69) is 6.58 Å². The van der Waals surface area contributed by atoms with E-state index in [-0.39, 0.29) is 34.6 Å². The summed E-state index contributed by atoms with van der Waals surface area (Å²) in [5.41, 5.74) is 1.27. The summed E-state index contributed by atoms with van der Waals surface area (Å²) in [4.78, 5) is 12.7. The number of rotatable bonds is 12. The molecule has 1 unspecified atom stereocenters. The fraction of sp³-hybridized carbons (Fsp3) is 0.206. The number of ether oxygens (including phenoxy) is 2. The maximum atomic E-state index is 14.9. The highest BCUT2D eigenvalue weighted by Gasteiger charge is 2.20. The predicted molar refractivity (Wildman–Crippen MR) is 153 cm³/mol. The standard InChI is InChI=1S/C34H30F4O4/c1-3-5-6-20-41-28-18-16-25(30(35)32(28)37)22-10-14-24(15-11-22)34(40)42-29-19-17-26(31(36)33(29)38)21-8-12-23(13-9-21)27(39)7-4-2/h3,8-19,27,39H,1,4-7,20H2,2H3. The van der Waals surface area contributed by atoms with Crippen molar-refractivity contribution < 1.29 is 36.9 Å². The Bertz CT molecular complexity index is 1550. The first-order valence-electron chi connectivity index (χ1n) is 13.6. The topological polar surface area (TPSA) is 55.8 Å². The Hall–Kier alpha value is -4.43. The summed E-state index contributed by atoms with van der Waals surface area (Å²) in [5.74, 6) is -6.52. The number of carbonyl (C=O) groups excluding carboxylic acids is 1. The number of benzene rings is 4. The molecule has 4 aromatic carbocycles. The van der Waals surface area contributed by atoms with Crippen LogP contribution in [0.25, 0.3) is 22.3 Å². The Kier molecular flexibility index (Phi) is 10.1. The zero-order valence-corrected chi connectivity index (χ0v) is 23.0. The number of hydrogen-bond acceptors (Lipinski definition) is 4. The molecule has 4 nitrogen and oxygen atoms in total. The third-order valence-corrected chi connectivity index (χ3v) is 6.71. The van der Waals surface area contributed by atoms with Crippen molar-refractivity contribution in [2.45, 2.75) is 38.7 Å². The molecule has 4 aromatic rings. The van der Waals surface area contributed by atoms with E-state index in [9.17, 15) is 27.5 Å². The lowest BCUT2D eigenvalue weighted by Crippen LogP contribution is -2.10. The van der Waals surface area contributed by atoms with Crippen LogP contribution in [0.3, 0.4) is 0 Å². The van der Waals surface area contributed by atoms with Gasteiger partial charge in [0.05, 0.1) is 18.3 Å². The molecule has 0 fully saturated rings. The van der Waals surface area contributed by atoms with Crippen LogP contribution in [0.1, 0.15) is 54.6 Å². The molecular formula is C34H30F4O4. The van der Waals surface area contributed by atoms with Gasteiger partial charge in [0.1, 0.15) is 0 Å². The molecule has 8 heteroatoms. The highest BCUT2D eigenvalue weighted by molar-refractivity contribution is 5.91. The summed E-state index contributed by atoms with van der Waals surface area (Å²) in [6.07, 6.45) is 3.75. The van der Waals surface area contributed by atoms with Gasteiger partial charge in [-0.2, -0.15) is 8.78 Å². The predicted octanol–water partition coefficient (Wildman–Crippen LogP) is 8.97. The van der Waals surface area contributed by atoms with Crippen LogP contribution in [0.15, 0.2) is 85.5 Å². The third-order valence-electron chi connectivity index (χ3n) is 6.71. The van der Waals surface area contributed by atoms with Gasteiger partial charge in [0.2, 0.25) is 11.6 Å². The average molecular weight is 579 g/mol. The van der Waals surface area contributed by atoms with Gasteiger partial charge < -0.3 is 14.6 Å². The van der Waals surface area contributed by atoms with E-state index >= 15 is 0 Å². The van der Waals surface area contributed by atoms with Crippen molar-refractivity contribution >= 4 is 5.97 Å². The van der Waals surface area contributed by atoms with Crippen molar-refractivity contribution in [2.24, 2.45) is 0 Å². The number of unbranched alkanes of at least 4 members (excludes halogenated alkanes) is 1. The second-order valence-corrected chi connectivity index (χ2v) is 9.65. The maximum absolute atomic E-state index is 14.9. The largest absolute Gasteiger partial charge is 0.490 e.